The SMILES string of the molecule is CC(C)(C)S(=O)(=O)NCC1CCC(Nc2nc(-c3ccccc3F)no2)CC1. The smallest absolute Gasteiger partial charge is 0.322 e. The number of nitrogens with zero attached hydrogens (tertiary/aromatic N) is 2. The molecule has 2 N–H and O–H groups in total. The molecule has 7 nitrogen and oxygen atoms in total. The molecule has 0 spiro atoms. The number of benzene rings is 1. The lowest BCUT2D eigenvalue weighted by Gasteiger charge is -2.29. The van der Waals surface area contributed by atoms with Crippen LogP contribution >= 0.6 is 0 Å². The summed E-state index contributed by atoms with van der Waals surface area (Å²) < 4.78 is 45.3. The van der Waals surface area contributed by atoms with Gasteiger partial charge in [-0.05, 0) is 64.5 Å². The van der Waals surface area contributed by atoms with Crippen molar-refractivity contribution < 1.29 is 17.3 Å². The first-order valence-corrected chi connectivity index (χ1v) is 11.0. The molecular formula is C19H27FN4O3S. The third kappa shape index (κ3) is 4.88. The number of halogens is 1. The van der Waals surface area contributed by atoms with Crippen molar-refractivity contribution in [3.05, 3.63) is 30.1 Å². The van der Waals surface area contributed by atoms with Crippen LogP contribution in [0.4, 0.5) is 10.4 Å². The number of nitrogens with one attached hydrogen (secondary N) is 2. The summed E-state index contributed by atoms with van der Waals surface area (Å²) in [4.78, 5) is 4.23. The van der Waals surface area contributed by atoms with Crippen molar-refractivity contribution in [2.45, 2.75) is 57.2 Å². The molecule has 154 valence electrons. The Kier molecular flexibility index (Phi) is 6.04. The topological polar surface area (TPSA) is 97.1 Å². The van der Waals surface area contributed by atoms with Crippen LogP contribution in [0.3, 0.4) is 0 Å². The van der Waals surface area contributed by atoms with Gasteiger partial charge in [-0.3, -0.25) is 0 Å². The molecule has 9 heteroatoms. The highest BCUT2D eigenvalue weighted by atomic mass is 32.2. The number of anilines is 1. The van der Waals surface area contributed by atoms with Crippen LogP contribution in [0, 0.1) is 11.7 Å². The quantitative estimate of drug-likeness (QED) is 0.756. The summed E-state index contributed by atoms with van der Waals surface area (Å²) in [5.41, 5.74) is 0.300. The fraction of sp³-hybridized carbons (Fsp3) is 0.579. The van der Waals surface area contributed by atoms with Crippen molar-refractivity contribution in [2.75, 3.05) is 11.9 Å². The Hall–Kier alpha value is -2.00. The Balaban J connectivity index is 1.50. The molecule has 1 aliphatic carbocycles. The molecule has 1 aromatic heterocycles. The first-order valence-electron chi connectivity index (χ1n) is 9.50. The molecule has 0 radical (unpaired) electrons. The van der Waals surface area contributed by atoms with Gasteiger partial charge < -0.3 is 9.84 Å². The van der Waals surface area contributed by atoms with Crippen LogP contribution in [0.2, 0.25) is 0 Å². The monoisotopic (exact) mass is 410 g/mol. The second-order valence-corrected chi connectivity index (χ2v) is 10.7. The van der Waals surface area contributed by atoms with Gasteiger partial charge in [-0.25, -0.2) is 17.5 Å². The van der Waals surface area contributed by atoms with Gasteiger partial charge >= 0.3 is 6.01 Å². The van der Waals surface area contributed by atoms with E-state index in [-0.39, 0.29) is 17.9 Å². The molecule has 3 rings (SSSR count). The molecule has 1 heterocycles. The molecule has 28 heavy (non-hydrogen) atoms. The largest absolute Gasteiger partial charge is 0.335 e. The Bertz CT molecular complexity index is 900. The van der Waals surface area contributed by atoms with Crippen molar-refractivity contribution in [2.24, 2.45) is 5.92 Å². The molecule has 1 aliphatic rings. The van der Waals surface area contributed by atoms with E-state index < -0.39 is 20.6 Å². The molecule has 1 saturated carbocycles. The molecule has 1 aromatic carbocycles. The Morgan fingerprint density at radius 2 is 1.86 bits per heavy atom. The molecule has 0 saturated heterocycles. The third-order valence-electron chi connectivity index (χ3n) is 5.08. The lowest BCUT2D eigenvalue weighted by molar-refractivity contribution is 0.329. The van der Waals surface area contributed by atoms with Gasteiger partial charge in [-0.1, -0.05) is 17.3 Å². The van der Waals surface area contributed by atoms with E-state index in [9.17, 15) is 12.8 Å². The van der Waals surface area contributed by atoms with E-state index in [1.54, 1.807) is 39.0 Å². The van der Waals surface area contributed by atoms with Crippen LogP contribution in [0.1, 0.15) is 46.5 Å². The maximum absolute atomic E-state index is 13.8. The van der Waals surface area contributed by atoms with Crippen LogP contribution in [-0.2, 0) is 10.0 Å². The highest BCUT2D eigenvalue weighted by Gasteiger charge is 2.30. The number of hydrogen-bond acceptors (Lipinski definition) is 6. The van der Waals surface area contributed by atoms with Crippen molar-refractivity contribution in [1.29, 1.82) is 0 Å². The molecule has 0 unspecified atom stereocenters. The number of sulfonamides is 1. The fourth-order valence-electron chi connectivity index (χ4n) is 3.16. The molecule has 0 atom stereocenters. The maximum Gasteiger partial charge on any atom is 0.322 e. The highest BCUT2D eigenvalue weighted by molar-refractivity contribution is 7.90. The van der Waals surface area contributed by atoms with Crippen LogP contribution in [0.15, 0.2) is 28.8 Å². The van der Waals surface area contributed by atoms with Gasteiger partial charge in [0.1, 0.15) is 5.82 Å². The number of aromatic nitrogens is 2. The lowest BCUT2D eigenvalue weighted by atomic mass is 9.86. The Morgan fingerprint density at radius 3 is 2.50 bits per heavy atom. The number of rotatable bonds is 6. The second kappa shape index (κ2) is 8.16. The summed E-state index contributed by atoms with van der Waals surface area (Å²) in [6.45, 7) is 5.53. The maximum atomic E-state index is 13.8. The zero-order valence-corrected chi connectivity index (χ0v) is 17.2. The molecule has 0 amide bonds. The fourth-order valence-corrected chi connectivity index (χ4v) is 4.05. The zero-order valence-electron chi connectivity index (χ0n) is 16.4. The van der Waals surface area contributed by atoms with E-state index in [1.807, 2.05) is 0 Å². The van der Waals surface area contributed by atoms with Crippen molar-refractivity contribution in [3.63, 3.8) is 0 Å². The Morgan fingerprint density at radius 1 is 1.18 bits per heavy atom. The summed E-state index contributed by atoms with van der Waals surface area (Å²) in [5, 5.41) is 7.05. The lowest BCUT2D eigenvalue weighted by Crippen LogP contribution is -2.42. The summed E-state index contributed by atoms with van der Waals surface area (Å²) in [6.07, 6.45) is 3.55. The van der Waals surface area contributed by atoms with Crippen molar-refractivity contribution in [1.82, 2.24) is 14.9 Å². The average molecular weight is 411 g/mol. The van der Waals surface area contributed by atoms with E-state index in [0.717, 1.165) is 25.7 Å². The molecular weight excluding hydrogens is 383 g/mol. The molecule has 1 fully saturated rings. The number of hydrogen-bond donors (Lipinski definition) is 2. The van der Waals surface area contributed by atoms with Crippen LogP contribution in [0.25, 0.3) is 11.4 Å². The van der Waals surface area contributed by atoms with E-state index in [0.29, 0.717) is 18.0 Å². The van der Waals surface area contributed by atoms with Gasteiger partial charge in [-0.15, -0.1) is 0 Å². The first kappa shape index (κ1) is 20.7. The molecule has 0 aliphatic heterocycles. The molecule has 2 aromatic rings. The Labute approximate surface area is 165 Å². The van der Waals surface area contributed by atoms with Crippen molar-refractivity contribution in [3.8, 4) is 11.4 Å². The minimum Gasteiger partial charge on any atom is -0.335 e. The summed E-state index contributed by atoms with van der Waals surface area (Å²) in [7, 11) is -3.32. The van der Waals surface area contributed by atoms with Gasteiger partial charge in [0.15, 0.2) is 0 Å². The van der Waals surface area contributed by atoms with E-state index in [1.165, 1.54) is 6.07 Å². The van der Waals surface area contributed by atoms with Crippen molar-refractivity contribution >= 4 is 16.0 Å². The summed E-state index contributed by atoms with van der Waals surface area (Å²) >= 11 is 0. The summed E-state index contributed by atoms with van der Waals surface area (Å²) in [5.74, 6) is 0.130. The molecule has 0 bridgehead atoms. The van der Waals surface area contributed by atoms with Gasteiger partial charge in [-0.2, -0.15) is 4.98 Å². The van der Waals surface area contributed by atoms with Crippen LogP contribution in [-0.4, -0.2) is 35.9 Å². The van der Waals surface area contributed by atoms with E-state index >= 15 is 0 Å². The second-order valence-electron chi connectivity index (χ2n) is 8.23. The predicted molar refractivity (Wildman–Crippen MR) is 106 cm³/mol. The average Bonchev–Trinajstić information content (AvgIpc) is 3.09. The standard InChI is InChI=1S/C19H27FN4O3S/c1-19(2,3)28(25,26)21-12-13-8-10-14(11-9-13)22-18-23-17(24-27-18)15-6-4-5-7-16(15)20/h4-7,13-14,21H,8-12H2,1-3H3,(H,22,23,24). The minimum absolute atomic E-state index is 0.171. The highest BCUT2D eigenvalue weighted by Crippen LogP contribution is 2.27. The van der Waals surface area contributed by atoms with E-state index in [4.69, 9.17) is 4.52 Å². The summed E-state index contributed by atoms with van der Waals surface area (Å²) in [6, 6.07) is 6.73. The normalized spacial score (nSPS) is 20.9. The van der Waals surface area contributed by atoms with E-state index in [2.05, 4.69) is 20.2 Å². The minimum atomic E-state index is -3.32. The van der Waals surface area contributed by atoms with Gasteiger partial charge in [0.2, 0.25) is 15.8 Å². The van der Waals surface area contributed by atoms with Crippen LogP contribution < -0.4 is 10.0 Å². The predicted octanol–water partition coefficient (Wildman–Crippen LogP) is 3.56. The third-order valence-corrected chi connectivity index (χ3v) is 7.24. The first-order chi connectivity index (χ1) is 13.2. The van der Waals surface area contributed by atoms with Gasteiger partial charge in [0.25, 0.3) is 0 Å². The van der Waals surface area contributed by atoms with Gasteiger partial charge in [0, 0.05) is 12.6 Å². The van der Waals surface area contributed by atoms with Crippen LogP contribution in [0.5, 0.6) is 0 Å². The van der Waals surface area contributed by atoms with Gasteiger partial charge in [0.05, 0.1) is 10.3 Å². The zero-order chi connectivity index (χ0) is 20.4.